The first kappa shape index (κ1) is 14.0. The summed E-state index contributed by atoms with van der Waals surface area (Å²) in [5.41, 5.74) is 0.592. The van der Waals surface area contributed by atoms with Gasteiger partial charge in [0.05, 0.1) is 0 Å². The van der Waals surface area contributed by atoms with Gasteiger partial charge in [0.2, 0.25) is 0 Å². The van der Waals surface area contributed by atoms with E-state index in [0.717, 1.165) is 19.4 Å². The van der Waals surface area contributed by atoms with Gasteiger partial charge in [-0.2, -0.15) is 0 Å². The first-order valence-corrected chi connectivity index (χ1v) is 6.80. The van der Waals surface area contributed by atoms with Gasteiger partial charge in [-0.1, -0.05) is 27.7 Å². The average Bonchev–Trinajstić information content (AvgIpc) is 2.25. The van der Waals surface area contributed by atoms with Gasteiger partial charge in [0.25, 0.3) is 0 Å². The number of aliphatic hydroxyl groups excluding tert-OH is 1. The Balaban J connectivity index is 2.58. The van der Waals surface area contributed by atoms with Crippen molar-refractivity contribution in [1.29, 1.82) is 0 Å². The maximum atomic E-state index is 9.61. The van der Waals surface area contributed by atoms with Crippen LogP contribution in [0.5, 0.6) is 0 Å². The third-order valence-corrected chi connectivity index (χ3v) is 4.37. The molecule has 1 heterocycles. The van der Waals surface area contributed by atoms with Crippen molar-refractivity contribution in [2.45, 2.75) is 53.4 Å². The van der Waals surface area contributed by atoms with Crippen molar-refractivity contribution in [3.8, 4) is 0 Å². The van der Waals surface area contributed by atoms with E-state index in [4.69, 9.17) is 0 Å². The minimum atomic E-state index is 0.132. The van der Waals surface area contributed by atoms with E-state index in [1.807, 2.05) is 0 Å². The molecular weight excluding hydrogens is 198 g/mol. The van der Waals surface area contributed by atoms with Gasteiger partial charge < -0.3 is 10.0 Å². The molecule has 0 radical (unpaired) electrons. The van der Waals surface area contributed by atoms with Crippen LogP contribution in [-0.2, 0) is 0 Å². The SMILES string of the molecule is CCC(CC)(CO)CN1CCCC(C)(C)C1. The molecule has 0 bridgehead atoms. The second kappa shape index (κ2) is 5.50. The summed E-state index contributed by atoms with van der Waals surface area (Å²) in [7, 11) is 0. The van der Waals surface area contributed by atoms with E-state index in [2.05, 4.69) is 32.6 Å². The molecule has 0 atom stereocenters. The third-order valence-electron chi connectivity index (χ3n) is 4.37. The van der Waals surface area contributed by atoms with Gasteiger partial charge in [0.1, 0.15) is 0 Å². The predicted molar refractivity (Wildman–Crippen MR) is 69.6 cm³/mol. The highest BCUT2D eigenvalue weighted by atomic mass is 16.3. The van der Waals surface area contributed by atoms with Crippen molar-refractivity contribution < 1.29 is 5.11 Å². The van der Waals surface area contributed by atoms with Crippen LogP contribution >= 0.6 is 0 Å². The minimum Gasteiger partial charge on any atom is -0.396 e. The molecule has 0 saturated carbocycles. The third kappa shape index (κ3) is 3.46. The zero-order valence-electron chi connectivity index (χ0n) is 11.6. The Morgan fingerprint density at radius 2 is 1.88 bits per heavy atom. The minimum absolute atomic E-state index is 0.132. The molecule has 0 aromatic carbocycles. The molecule has 2 nitrogen and oxygen atoms in total. The summed E-state index contributed by atoms with van der Waals surface area (Å²) >= 11 is 0. The average molecular weight is 227 g/mol. The Kier molecular flexibility index (Phi) is 4.81. The lowest BCUT2D eigenvalue weighted by molar-refractivity contribution is 0.0301. The van der Waals surface area contributed by atoms with E-state index in [1.165, 1.54) is 25.9 Å². The van der Waals surface area contributed by atoms with Crippen molar-refractivity contribution in [1.82, 2.24) is 4.90 Å². The van der Waals surface area contributed by atoms with Gasteiger partial charge in [0.15, 0.2) is 0 Å². The summed E-state index contributed by atoms with van der Waals surface area (Å²) in [4.78, 5) is 2.56. The van der Waals surface area contributed by atoms with Crippen LogP contribution in [-0.4, -0.2) is 36.2 Å². The Morgan fingerprint density at radius 3 is 2.31 bits per heavy atom. The first-order valence-electron chi connectivity index (χ1n) is 6.80. The molecule has 2 heteroatoms. The smallest absolute Gasteiger partial charge is 0.0499 e. The Morgan fingerprint density at radius 1 is 1.25 bits per heavy atom. The molecular formula is C14H29NO. The molecule has 0 aromatic rings. The second-order valence-electron chi connectivity index (χ2n) is 6.34. The van der Waals surface area contributed by atoms with Gasteiger partial charge in [0, 0.05) is 25.1 Å². The zero-order chi connectivity index (χ0) is 12.2. The lowest BCUT2D eigenvalue weighted by Gasteiger charge is -2.43. The molecule has 1 N–H and O–H groups in total. The highest BCUT2D eigenvalue weighted by Gasteiger charge is 2.32. The lowest BCUT2D eigenvalue weighted by atomic mass is 9.79. The number of hydrogen-bond donors (Lipinski definition) is 1. The summed E-state index contributed by atoms with van der Waals surface area (Å²) in [6.45, 7) is 12.9. The number of hydrogen-bond acceptors (Lipinski definition) is 2. The summed E-state index contributed by atoms with van der Waals surface area (Å²) in [5.74, 6) is 0. The van der Waals surface area contributed by atoms with Crippen LogP contribution in [0.15, 0.2) is 0 Å². The molecule has 0 spiro atoms. The van der Waals surface area contributed by atoms with Crippen LogP contribution in [0, 0.1) is 10.8 Å². The normalized spacial score (nSPS) is 22.3. The Bertz CT molecular complexity index is 201. The standard InChI is InChI=1S/C14H29NO/c1-5-14(6-2,12-16)11-15-9-7-8-13(3,4)10-15/h16H,5-12H2,1-4H3. The van der Waals surface area contributed by atoms with Crippen LogP contribution in [0.2, 0.25) is 0 Å². The van der Waals surface area contributed by atoms with Crippen molar-refractivity contribution in [2.75, 3.05) is 26.2 Å². The first-order chi connectivity index (χ1) is 7.47. The predicted octanol–water partition coefficient (Wildman–Crippen LogP) is 2.91. The van der Waals surface area contributed by atoms with E-state index in [9.17, 15) is 5.11 Å². The molecule has 0 aliphatic carbocycles. The molecule has 0 aromatic heterocycles. The Hall–Kier alpha value is -0.0800. The fraction of sp³-hybridized carbons (Fsp3) is 1.00. The summed E-state index contributed by atoms with van der Waals surface area (Å²) < 4.78 is 0. The van der Waals surface area contributed by atoms with Crippen LogP contribution in [0.4, 0.5) is 0 Å². The van der Waals surface area contributed by atoms with Gasteiger partial charge in [-0.05, 0) is 37.6 Å². The lowest BCUT2D eigenvalue weighted by Crippen LogP contribution is -2.46. The van der Waals surface area contributed by atoms with Crippen molar-refractivity contribution in [3.05, 3.63) is 0 Å². The highest BCUT2D eigenvalue weighted by Crippen LogP contribution is 2.33. The monoisotopic (exact) mass is 227 g/mol. The van der Waals surface area contributed by atoms with Crippen molar-refractivity contribution in [3.63, 3.8) is 0 Å². The van der Waals surface area contributed by atoms with E-state index in [0.29, 0.717) is 12.0 Å². The van der Waals surface area contributed by atoms with E-state index >= 15 is 0 Å². The van der Waals surface area contributed by atoms with Gasteiger partial charge >= 0.3 is 0 Å². The number of aliphatic hydroxyl groups is 1. The highest BCUT2D eigenvalue weighted by molar-refractivity contribution is 4.85. The molecule has 1 saturated heterocycles. The summed E-state index contributed by atoms with van der Waals surface area (Å²) in [6.07, 6.45) is 4.81. The van der Waals surface area contributed by atoms with E-state index < -0.39 is 0 Å². The van der Waals surface area contributed by atoms with Crippen LogP contribution < -0.4 is 0 Å². The molecule has 1 aliphatic rings. The van der Waals surface area contributed by atoms with Gasteiger partial charge in [-0.25, -0.2) is 0 Å². The topological polar surface area (TPSA) is 23.5 Å². The summed E-state index contributed by atoms with van der Waals surface area (Å²) in [5, 5.41) is 9.61. The fourth-order valence-corrected chi connectivity index (χ4v) is 2.90. The number of nitrogens with zero attached hydrogens (tertiary/aromatic N) is 1. The molecule has 0 amide bonds. The largest absolute Gasteiger partial charge is 0.396 e. The molecule has 1 aliphatic heterocycles. The van der Waals surface area contributed by atoms with Crippen LogP contribution in [0.25, 0.3) is 0 Å². The number of likely N-dealkylation sites (tertiary alicyclic amines) is 1. The van der Waals surface area contributed by atoms with Gasteiger partial charge in [-0.3, -0.25) is 0 Å². The van der Waals surface area contributed by atoms with Crippen LogP contribution in [0.1, 0.15) is 53.4 Å². The van der Waals surface area contributed by atoms with E-state index in [1.54, 1.807) is 0 Å². The summed E-state index contributed by atoms with van der Waals surface area (Å²) in [6, 6.07) is 0. The second-order valence-corrected chi connectivity index (χ2v) is 6.34. The van der Waals surface area contributed by atoms with Crippen molar-refractivity contribution >= 4 is 0 Å². The zero-order valence-corrected chi connectivity index (χ0v) is 11.6. The number of rotatable bonds is 5. The fourth-order valence-electron chi connectivity index (χ4n) is 2.90. The quantitative estimate of drug-likeness (QED) is 0.780. The number of piperidine rings is 1. The molecule has 1 rings (SSSR count). The molecule has 0 unspecified atom stereocenters. The molecule has 96 valence electrons. The molecule has 1 fully saturated rings. The van der Waals surface area contributed by atoms with Gasteiger partial charge in [-0.15, -0.1) is 0 Å². The maximum absolute atomic E-state index is 9.61. The van der Waals surface area contributed by atoms with Crippen molar-refractivity contribution in [2.24, 2.45) is 10.8 Å². The molecule has 16 heavy (non-hydrogen) atoms. The Labute approximate surface area is 101 Å². The van der Waals surface area contributed by atoms with Crippen LogP contribution in [0.3, 0.4) is 0 Å². The maximum Gasteiger partial charge on any atom is 0.0499 e. The van der Waals surface area contributed by atoms with E-state index in [-0.39, 0.29) is 5.41 Å².